The molecule has 0 spiro atoms. The summed E-state index contributed by atoms with van der Waals surface area (Å²) in [7, 11) is 0. The zero-order valence-corrected chi connectivity index (χ0v) is 11.4. The van der Waals surface area contributed by atoms with Crippen LogP contribution in [0.2, 0.25) is 0 Å². The first-order valence-electron chi connectivity index (χ1n) is 5.86. The summed E-state index contributed by atoms with van der Waals surface area (Å²) in [5.41, 5.74) is 3.91. The Bertz CT molecular complexity index is 418. The SMILES string of the molecule is C/C1=C/C(C)=N/C=C\N\C(C)=C/C(C)=N/C=C\N1. The van der Waals surface area contributed by atoms with Crippen molar-refractivity contribution in [2.24, 2.45) is 9.98 Å². The largest absolute Gasteiger partial charge is 0.364 e. The van der Waals surface area contributed by atoms with Gasteiger partial charge in [-0.25, -0.2) is 0 Å². The van der Waals surface area contributed by atoms with Gasteiger partial charge < -0.3 is 10.6 Å². The van der Waals surface area contributed by atoms with Crippen molar-refractivity contribution in [1.82, 2.24) is 10.6 Å². The third-order valence-corrected chi connectivity index (χ3v) is 2.18. The molecular formula is C14H20N4. The van der Waals surface area contributed by atoms with E-state index in [1.165, 1.54) is 0 Å². The van der Waals surface area contributed by atoms with E-state index >= 15 is 0 Å². The lowest BCUT2D eigenvalue weighted by Gasteiger charge is -2.02. The van der Waals surface area contributed by atoms with Crippen molar-refractivity contribution in [1.29, 1.82) is 0 Å². The Hall–Kier alpha value is -2.10. The van der Waals surface area contributed by atoms with Crippen molar-refractivity contribution in [3.8, 4) is 0 Å². The second-order valence-electron chi connectivity index (χ2n) is 4.12. The van der Waals surface area contributed by atoms with Crippen LogP contribution in [0.25, 0.3) is 0 Å². The van der Waals surface area contributed by atoms with E-state index < -0.39 is 0 Å². The number of allylic oxidation sites excluding steroid dienone is 4. The highest BCUT2D eigenvalue weighted by molar-refractivity contribution is 5.94. The fourth-order valence-electron chi connectivity index (χ4n) is 1.43. The first-order chi connectivity index (χ1) is 8.58. The summed E-state index contributed by atoms with van der Waals surface area (Å²) in [6, 6.07) is 0. The Morgan fingerprint density at radius 1 is 0.722 bits per heavy atom. The maximum atomic E-state index is 4.29. The van der Waals surface area contributed by atoms with E-state index in [0.717, 1.165) is 22.8 Å². The zero-order chi connectivity index (χ0) is 13.4. The molecule has 0 unspecified atom stereocenters. The molecule has 96 valence electrons. The topological polar surface area (TPSA) is 48.8 Å². The molecule has 4 nitrogen and oxygen atoms in total. The molecule has 4 heteroatoms. The lowest BCUT2D eigenvalue weighted by molar-refractivity contribution is 1.05. The van der Waals surface area contributed by atoms with Crippen molar-refractivity contribution in [3.05, 3.63) is 48.3 Å². The summed E-state index contributed by atoms with van der Waals surface area (Å²) in [5.74, 6) is 0. The van der Waals surface area contributed by atoms with Gasteiger partial charge in [0.15, 0.2) is 0 Å². The summed E-state index contributed by atoms with van der Waals surface area (Å²) in [5, 5.41) is 6.26. The van der Waals surface area contributed by atoms with Crippen molar-refractivity contribution in [2.75, 3.05) is 0 Å². The van der Waals surface area contributed by atoms with Gasteiger partial charge in [0.1, 0.15) is 0 Å². The fraction of sp³-hybridized carbons (Fsp3) is 0.286. The predicted octanol–water partition coefficient (Wildman–Crippen LogP) is 2.85. The van der Waals surface area contributed by atoms with Gasteiger partial charge in [0.2, 0.25) is 0 Å². The summed E-state index contributed by atoms with van der Waals surface area (Å²) in [4.78, 5) is 8.58. The molecule has 0 atom stereocenters. The predicted molar refractivity (Wildman–Crippen MR) is 78.3 cm³/mol. The number of hydrogen-bond acceptors (Lipinski definition) is 4. The van der Waals surface area contributed by atoms with Crippen LogP contribution in [-0.4, -0.2) is 11.4 Å². The van der Waals surface area contributed by atoms with E-state index in [1.54, 1.807) is 24.8 Å². The van der Waals surface area contributed by atoms with Crippen molar-refractivity contribution in [2.45, 2.75) is 27.7 Å². The number of nitrogens with zero attached hydrogens (tertiary/aromatic N) is 2. The Kier molecular flexibility index (Phi) is 5.64. The van der Waals surface area contributed by atoms with Gasteiger partial charge in [0.05, 0.1) is 0 Å². The number of hydrogen-bond donors (Lipinski definition) is 2. The van der Waals surface area contributed by atoms with Gasteiger partial charge in [-0.2, -0.15) is 0 Å². The van der Waals surface area contributed by atoms with Gasteiger partial charge in [0, 0.05) is 47.6 Å². The minimum Gasteiger partial charge on any atom is -0.364 e. The van der Waals surface area contributed by atoms with Crippen LogP contribution in [0.1, 0.15) is 27.7 Å². The third kappa shape index (κ3) is 5.84. The molecule has 1 aliphatic heterocycles. The molecular weight excluding hydrogens is 224 g/mol. The van der Waals surface area contributed by atoms with Gasteiger partial charge in [-0.1, -0.05) is 0 Å². The molecule has 0 aromatic rings. The van der Waals surface area contributed by atoms with Crippen molar-refractivity contribution < 1.29 is 0 Å². The number of aliphatic imine (C=N–C) groups is 2. The molecule has 0 radical (unpaired) electrons. The monoisotopic (exact) mass is 244 g/mol. The van der Waals surface area contributed by atoms with E-state index in [2.05, 4.69) is 20.6 Å². The lowest BCUT2D eigenvalue weighted by atomic mass is 10.3. The molecule has 18 heavy (non-hydrogen) atoms. The van der Waals surface area contributed by atoms with Crippen LogP contribution in [0.15, 0.2) is 58.3 Å². The summed E-state index contributed by atoms with van der Waals surface area (Å²) in [6.45, 7) is 7.88. The fourth-order valence-corrected chi connectivity index (χ4v) is 1.43. The molecule has 2 N–H and O–H groups in total. The minimum atomic E-state index is 0.935. The molecule has 1 rings (SSSR count). The minimum absolute atomic E-state index is 0.935. The maximum absolute atomic E-state index is 4.29. The number of nitrogens with one attached hydrogen (secondary N) is 2. The molecule has 0 bridgehead atoms. The second-order valence-corrected chi connectivity index (χ2v) is 4.12. The van der Waals surface area contributed by atoms with Gasteiger partial charge in [-0.05, 0) is 39.8 Å². The van der Waals surface area contributed by atoms with Crippen LogP contribution in [-0.2, 0) is 0 Å². The molecule has 0 aliphatic carbocycles. The van der Waals surface area contributed by atoms with Crippen LogP contribution < -0.4 is 10.6 Å². The van der Waals surface area contributed by atoms with Gasteiger partial charge in [0.25, 0.3) is 0 Å². The molecule has 1 aliphatic rings. The molecule has 0 saturated carbocycles. The van der Waals surface area contributed by atoms with Crippen molar-refractivity contribution >= 4 is 11.4 Å². The summed E-state index contributed by atoms with van der Waals surface area (Å²) in [6.07, 6.45) is 11.0. The standard InChI is InChI=1S/C14H20N4/c1-11-9-12(2)16-7-8-18-14(4)10-13(3)17-6-5-15-11/h5-10,15,18H,1-4H3/b6-5-,8-7-,11-9-,14-10-,16-12+,17-13+. The van der Waals surface area contributed by atoms with Gasteiger partial charge >= 0.3 is 0 Å². The quantitative estimate of drug-likeness (QED) is 0.688. The summed E-state index contributed by atoms with van der Waals surface area (Å²) < 4.78 is 0. The smallest absolute Gasteiger partial charge is 0.0431 e. The Balaban J connectivity index is 2.95. The Morgan fingerprint density at radius 2 is 1.11 bits per heavy atom. The van der Waals surface area contributed by atoms with E-state index in [9.17, 15) is 0 Å². The summed E-state index contributed by atoms with van der Waals surface area (Å²) >= 11 is 0. The van der Waals surface area contributed by atoms with Gasteiger partial charge in [-0.3, -0.25) is 9.98 Å². The Labute approximate surface area is 109 Å². The first-order valence-corrected chi connectivity index (χ1v) is 5.86. The molecule has 0 fully saturated rings. The van der Waals surface area contributed by atoms with E-state index in [0.29, 0.717) is 0 Å². The highest BCUT2D eigenvalue weighted by Gasteiger charge is 1.89. The normalized spacial score (nSPS) is 32.7. The van der Waals surface area contributed by atoms with Crippen LogP contribution in [0.4, 0.5) is 0 Å². The lowest BCUT2D eigenvalue weighted by Crippen LogP contribution is -2.05. The molecule has 0 aromatic carbocycles. The molecule has 0 amide bonds. The van der Waals surface area contributed by atoms with E-state index in [4.69, 9.17) is 0 Å². The van der Waals surface area contributed by atoms with E-state index in [1.807, 2.05) is 39.8 Å². The first kappa shape index (κ1) is 14.0. The average molecular weight is 244 g/mol. The average Bonchev–Trinajstić information content (AvgIpc) is 2.29. The molecule has 1 heterocycles. The zero-order valence-electron chi connectivity index (χ0n) is 11.4. The maximum Gasteiger partial charge on any atom is 0.0431 e. The molecule has 0 saturated heterocycles. The third-order valence-electron chi connectivity index (χ3n) is 2.18. The van der Waals surface area contributed by atoms with Crippen LogP contribution in [0.3, 0.4) is 0 Å². The second kappa shape index (κ2) is 7.27. The molecule has 0 aromatic heterocycles. The highest BCUT2D eigenvalue weighted by Crippen LogP contribution is 1.94. The van der Waals surface area contributed by atoms with Crippen LogP contribution >= 0.6 is 0 Å². The van der Waals surface area contributed by atoms with Crippen molar-refractivity contribution in [3.63, 3.8) is 0 Å². The van der Waals surface area contributed by atoms with E-state index in [-0.39, 0.29) is 0 Å². The Morgan fingerprint density at radius 3 is 1.50 bits per heavy atom. The van der Waals surface area contributed by atoms with Crippen LogP contribution in [0.5, 0.6) is 0 Å². The highest BCUT2D eigenvalue weighted by atomic mass is 14.9. The van der Waals surface area contributed by atoms with Gasteiger partial charge in [-0.15, -0.1) is 0 Å². The number of rotatable bonds is 0. The van der Waals surface area contributed by atoms with Crippen LogP contribution in [0, 0.1) is 0 Å².